The van der Waals surface area contributed by atoms with Crippen molar-refractivity contribution in [3.63, 3.8) is 0 Å². The van der Waals surface area contributed by atoms with E-state index in [1.807, 2.05) is 12.3 Å². The second-order valence-electron chi connectivity index (χ2n) is 4.47. The van der Waals surface area contributed by atoms with E-state index in [1.54, 1.807) is 6.07 Å². The van der Waals surface area contributed by atoms with E-state index < -0.39 is 11.7 Å². The fraction of sp³-hybridized carbons (Fsp3) is 0.0714. The molecule has 0 aliphatic rings. The third kappa shape index (κ3) is 2.97. The number of rotatable bonds is 3. The maximum absolute atomic E-state index is 13.1. The fourth-order valence-corrected chi connectivity index (χ4v) is 3.43. The van der Waals surface area contributed by atoms with Gasteiger partial charge in [-0.15, -0.1) is 11.3 Å². The van der Waals surface area contributed by atoms with Gasteiger partial charge in [0.05, 0.1) is 16.3 Å². The number of thiazole rings is 2. The molecule has 0 saturated carbocycles. The SMILES string of the molecule is Cc1nc(NC(=O)c2cccc(F)c2)sc1-c1csc(N)n1. The van der Waals surface area contributed by atoms with Crippen LogP contribution in [0.4, 0.5) is 14.7 Å². The summed E-state index contributed by atoms with van der Waals surface area (Å²) in [5.41, 5.74) is 7.37. The first-order chi connectivity index (χ1) is 10.5. The number of hydrogen-bond donors (Lipinski definition) is 2. The number of aryl methyl sites for hydroxylation is 1. The monoisotopic (exact) mass is 334 g/mol. The van der Waals surface area contributed by atoms with Crippen molar-refractivity contribution in [2.24, 2.45) is 0 Å². The third-order valence-electron chi connectivity index (χ3n) is 2.86. The Labute approximate surface area is 133 Å². The highest BCUT2D eigenvalue weighted by molar-refractivity contribution is 7.19. The molecule has 3 rings (SSSR count). The molecule has 3 aromatic rings. The number of carbonyl (C=O) groups is 1. The quantitative estimate of drug-likeness (QED) is 0.767. The molecule has 1 aromatic carbocycles. The van der Waals surface area contributed by atoms with Crippen LogP contribution in [0.3, 0.4) is 0 Å². The molecule has 2 heterocycles. The summed E-state index contributed by atoms with van der Waals surface area (Å²) in [4.78, 5) is 21.4. The molecule has 0 fully saturated rings. The van der Waals surface area contributed by atoms with Crippen LogP contribution in [0.2, 0.25) is 0 Å². The summed E-state index contributed by atoms with van der Waals surface area (Å²) >= 11 is 2.65. The molecular weight excluding hydrogens is 323 g/mol. The van der Waals surface area contributed by atoms with E-state index in [0.29, 0.717) is 10.3 Å². The van der Waals surface area contributed by atoms with Crippen LogP contribution in [0, 0.1) is 12.7 Å². The van der Waals surface area contributed by atoms with Crippen molar-refractivity contribution in [3.8, 4) is 10.6 Å². The Bertz CT molecular complexity index is 843. The largest absolute Gasteiger partial charge is 0.375 e. The molecular formula is C14H11FN4OS2. The lowest BCUT2D eigenvalue weighted by atomic mass is 10.2. The average molecular weight is 334 g/mol. The van der Waals surface area contributed by atoms with Crippen LogP contribution in [0.1, 0.15) is 16.1 Å². The molecule has 2 aromatic heterocycles. The molecule has 0 bridgehead atoms. The Morgan fingerprint density at radius 3 is 2.86 bits per heavy atom. The van der Waals surface area contributed by atoms with Crippen LogP contribution in [0.25, 0.3) is 10.6 Å². The van der Waals surface area contributed by atoms with Crippen LogP contribution in [-0.4, -0.2) is 15.9 Å². The van der Waals surface area contributed by atoms with Gasteiger partial charge in [0.2, 0.25) is 0 Å². The Morgan fingerprint density at radius 2 is 2.18 bits per heavy atom. The number of aromatic nitrogens is 2. The third-order valence-corrected chi connectivity index (χ3v) is 4.63. The maximum atomic E-state index is 13.1. The van der Waals surface area contributed by atoms with Gasteiger partial charge in [0.25, 0.3) is 5.91 Å². The number of anilines is 2. The molecule has 0 radical (unpaired) electrons. The zero-order chi connectivity index (χ0) is 15.7. The molecule has 1 amide bonds. The summed E-state index contributed by atoms with van der Waals surface area (Å²) in [6.07, 6.45) is 0. The second kappa shape index (κ2) is 5.82. The van der Waals surface area contributed by atoms with Gasteiger partial charge in [-0.05, 0) is 25.1 Å². The van der Waals surface area contributed by atoms with E-state index in [9.17, 15) is 9.18 Å². The molecule has 0 saturated heterocycles. The summed E-state index contributed by atoms with van der Waals surface area (Å²) in [6.45, 7) is 1.83. The highest BCUT2D eigenvalue weighted by atomic mass is 32.1. The van der Waals surface area contributed by atoms with E-state index in [0.717, 1.165) is 16.3 Å². The van der Waals surface area contributed by atoms with E-state index in [1.165, 1.54) is 40.9 Å². The zero-order valence-electron chi connectivity index (χ0n) is 11.5. The molecule has 112 valence electrons. The van der Waals surface area contributed by atoms with Gasteiger partial charge < -0.3 is 5.73 Å². The second-order valence-corrected chi connectivity index (χ2v) is 6.36. The minimum atomic E-state index is -0.457. The average Bonchev–Trinajstić information content (AvgIpc) is 3.05. The number of carbonyl (C=O) groups excluding carboxylic acids is 1. The van der Waals surface area contributed by atoms with Crippen LogP contribution in [0.5, 0.6) is 0 Å². The zero-order valence-corrected chi connectivity index (χ0v) is 13.1. The number of nitrogens with two attached hydrogens (primary N) is 1. The highest BCUT2D eigenvalue weighted by Crippen LogP contribution is 2.33. The summed E-state index contributed by atoms with van der Waals surface area (Å²) in [6, 6.07) is 5.49. The Hall–Kier alpha value is -2.32. The molecule has 3 N–H and O–H groups in total. The van der Waals surface area contributed by atoms with Gasteiger partial charge in [-0.3, -0.25) is 10.1 Å². The molecule has 0 unspecified atom stereocenters. The number of nitrogen functional groups attached to an aromatic ring is 1. The molecule has 0 aliphatic carbocycles. The van der Waals surface area contributed by atoms with E-state index in [-0.39, 0.29) is 5.56 Å². The molecule has 5 nitrogen and oxygen atoms in total. The van der Waals surface area contributed by atoms with Gasteiger partial charge in [-0.2, -0.15) is 0 Å². The summed E-state index contributed by atoms with van der Waals surface area (Å²) in [7, 11) is 0. The molecule has 22 heavy (non-hydrogen) atoms. The number of hydrogen-bond acceptors (Lipinski definition) is 6. The van der Waals surface area contributed by atoms with Gasteiger partial charge >= 0.3 is 0 Å². The normalized spacial score (nSPS) is 10.6. The van der Waals surface area contributed by atoms with Crippen molar-refractivity contribution < 1.29 is 9.18 Å². The molecule has 8 heteroatoms. The lowest BCUT2D eigenvalue weighted by Crippen LogP contribution is -2.11. The standard InChI is InChI=1S/C14H11FN4OS2/c1-7-11(10-6-21-13(16)18-10)22-14(17-7)19-12(20)8-3-2-4-9(15)5-8/h2-6H,1H3,(H2,16,18)(H,17,19,20). The minimum absolute atomic E-state index is 0.243. The summed E-state index contributed by atoms with van der Waals surface area (Å²) in [5.74, 6) is -0.862. The summed E-state index contributed by atoms with van der Waals surface area (Å²) in [5, 5.41) is 5.43. The van der Waals surface area contributed by atoms with Crippen molar-refractivity contribution in [2.75, 3.05) is 11.1 Å². The number of benzene rings is 1. The van der Waals surface area contributed by atoms with E-state index in [4.69, 9.17) is 5.73 Å². The van der Waals surface area contributed by atoms with Crippen LogP contribution < -0.4 is 11.1 Å². The van der Waals surface area contributed by atoms with Crippen molar-refractivity contribution in [2.45, 2.75) is 6.92 Å². The van der Waals surface area contributed by atoms with Crippen LogP contribution >= 0.6 is 22.7 Å². The summed E-state index contributed by atoms with van der Waals surface area (Å²) < 4.78 is 13.1. The Kier molecular flexibility index (Phi) is 3.86. The van der Waals surface area contributed by atoms with Gasteiger partial charge in [0.1, 0.15) is 5.82 Å². The van der Waals surface area contributed by atoms with Crippen molar-refractivity contribution >= 4 is 38.8 Å². The Balaban J connectivity index is 1.83. The Morgan fingerprint density at radius 1 is 1.36 bits per heavy atom. The smallest absolute Gasteiger partial charge is 0.257 e. The first kappa shape index (κ1) is 14.6. The van der Waals surface area contributed by atoms with E-state index in [2.05, 4.69) is 15.3 Å². The number of amides is 1. The maximum Gasteiger partial charge on any atom is 0.257 e. The predicted octanol–water partition coefficient (Wildman–Crippen LogP) is 3.55. The van der Waals surface area contributed by atoms with Crippen molar-refractivity contribution in [1.29, 1.82) is 0 Å². The predicted molar refractivity (Wildman–Crippen MR) is 86.7 cm³/mol. The lowest BCUT2D eigenvalue weighted by Gasteiger charge is -2.01. The van der Waals surface area contributed by atoms with Gasteiger partial charge in [0, 0.05) is 10.9 Å². The first-order valence-electron chi connectivity index (χ1n) is 6.28. The topological polar surface area (TPSA) is 80.9 Å². The molecule has 0 atom stereocenters. The van der Waals surface area contributed by atoms with Crippen molar-refractivity contribution in [3.05, 3.63) is 46.7 Å². The minimum Gasteiger partial charge on any atom is -0.375 e. The molecule has 0 aliphatic heterocycles. The highest BCUT2D eigenvalue weighted by Gasteiger charge is 2.15. The van der Waals surface area contributed by atoms with E-state index >= 15 is 0 Å². The van der Waals surface area contributed by atoms with Crippen LogP contribution in [0.15, 0.2) is 29.6 Å². The van der Waals surface area contributed by atoms with Gasteiger partial charge in [-0.25, -0.2) is 14.4 Å². The number of nitrogens with zero attached hydrogens (tertiary/aromatic N) is 2. The number of halogens is 1. The van der Waals surface area contributed by atoms with Crippen molar-refractivity contribution in [1.82, 2.24) is 9.97 Å². The lowest BCUT2D eigenvalue weighted by molar-refractivity contribution is 0.102. The number of nitrogens with one attached hydrogen (secondary N) is 1. The van der Waals surface area contributed by atoms with Gasteiger partial charge in [0.15, 0.2) is 10.3 Å². The molecule has 0 spiro atoms. The fourth-order valence-electron chi connectivity index (χ4n) is 1.88. The van der Waals surface area contributed by atoms with Crippen LogP contribution in [-0.2, 0) is 0 Å². The van der Waals surface area contributed by atoms with Gasteiger partial charge in [-0.1, -0.05) is 17.4 Å². The first-order valence-corrected chi connectivity index (χ1v) is 7.98.